The van der Waals surface area contributed by atoms with Crippen molar-refractivity contribution in [3.05, 3.63) is 35.5 Å². The maximum atomic E-state index is 12.6. The van der Waals surface area contributed by atoms with Crippen molar-refractivity contribution in [3.63, 3.8) is 0 Å². The largest absolute Gasteiger partial charge is 0.381 e. The molecule has 0 bridgehead atoms. The van der Waals surface area contributed by atoms with Crippen LogP contribution in [0.2, 0.25) is 0 Å². The highest BCUT2D eigenvalue weighted by molar-refractivity contribution is 5.92. The molecule has 118 valence electrons. The first kappa shape index (κ1) is 14.8. The topological polar surface area (TPSA) is 73.4 Å². The molecule has 7 nitrogen and oxygen atoms in total. The number of nitrogens with zero attached hydrogens (tertiary/aromatic N) is 4. The second kappa shape index (κ2) is 6.31. The maximum Gasteiger partial charge on any atom is 0.276 e. The van der Waals surface area contributed by atoms with Crippen LogP contribution in [-0.2, 0) is 17.8 Å². The summed E-state index contributed by atoms with van der Waals surface area (Å²) < 4.78 is 12.5. The molecule has 0 radical (unpaired) electrons. The van der Waals surface area contributed by atoms with Crippen molar-refractivity contribution < 1.29 is 14.1 Å². The normalized spacial score (nSPS) is 18.1. The summed E-state index contributed by atoms with van der Waals surface area (Å²) in [7, 11) is 0. The van der Waals surface area contributed by atoms with Crippen molar-refractivity contribution in [2.24, 2.45) is 5.92 Å². The molecule has 0 saturated carbocycles. The molecule has 7 heteroatoms. The molecule has 1 amide bonds. The number of carbonyl (C=O) groups is 1. The van der Waals surface area contributed by atoms with Gasteiger partial charge in [-0.05, 0) is 19.9 Å². The molecule has 3 heterocycles. The molecule has 22 heavy (non-hydrogen) atoms. The quantitative estimate of drug-likeness (QED) is 0.855. The Bertz CT molecular complexity index is 649. The van der Waals surface area contributed by atoms with E-state index >= 15 is 0 Å². The van der Waals surface area contributed by atoms with Crippen molar-refractivity contribution in [2.45, 2.75) is 26.9 Å². The second-order valence-electron chi connectivity index (χ2n) is 5.54. The zero-order valence-corrected chi connectivity index (χ0v) is 12.9. The van der Waals surface area contributed by atoms with Crippen LogP contribution in [0.1, 0.15) is 28.9 Å². The van der Waals surface area contributed by atoms with Crippen LogP contribution >= 0.6 is 0 Å². The highest BCUT2D eigenvalue weighted by atomic mass is 16.5. The highest BCUT2D eigenvalue weighted by Gasteiger charge is 2.27. The van der Waals surface area contributed by atoms with Crippen molar-refractivity contribution in [1.29, 1.82) is 0 Å². The predicted molar refractivity (Wildman–Crippen MR) is 78.2 cm³/mol. The first-order valence-corrected chi connectivity index (χ1v) is 7.48. The van der Waals surface area contributed by atoms with Crippen LogP contribution in [0.15, 0.2) is 22.9 Å². The highest BCUT2D eigenvalue weighted by Crippen LogP contribution is 2.18. The number of hydrogen-bond acceptors (Lipinski definition) is 5. The average molecular weight is 304 g/mol. The van der Waals surface area contributed by atoms with E-state index in [1.807, 2.05) is 17.7 Å². The van der Waals surface area contributed by atoms with Gasteiger partial charge in [0.05, 0.1) is 18.8 Å². The smallest absolute Gasteiger partial charge is 0.276 e. The molecule has 0 saturated heterocycles. The zero-order valence-electron chi connectivity index (χ0n) is 12.9. The number of carbonyl (C=O) groups excluding carboxylic acids is 1. The van der Waals surface area contributed by atoms with E-state index in [-0.39, 0.29) is 11.8 Å². The molecule has 1 unspecified atom stereocenters. The summed E-state index contributed by atoms with van der Waals surface area (Å²) in [5.41, 5.74) is 1.37. The van der Waals surface area contributed by atoms with Crippen LogP contribution < -0.4 is 0 Å². The third-order valence-electron chi connectivity index (χ3n) is 3.76. The van der Waals surface area contributed by atoms with Gasteiger partial charge in [0.15, 0.2) is 5.69 Å². The Morgan fingerprint density at radius 1 is 1.50 bits per heavy atom. The van der Waals surface area contributed by atoms with Crippen molar-refractivity contribution in [3.8, 4) is 0 Å². The lowest BCUT2D eigenvalue weighted by Gasteiger charge is -2.23. The van der Waals surface area contributed by atoms with Crippen molar-refractivity contribution in [1.82, 2.24) is 19.8 Å². The van der Waals surface area contributed by atoms with E-state index < -0.39 is 0 Å². The van der Waals surface area contributed by atoms with Gasteiger partial charge in [0, 0.05) is 37.9 Å². The van der Waals surface area contributed by atoms with E-state index in [0.29, 0.717) is 37.8 Å². The van der Waals surface area contributed by atoms with Crippen LogP contribution in [0, 0.1) is 12.8 Å². The third-order valence-corrected chi connectivity index (χ3v) is 3.76. The average Bonchev–Trinajstić information content (AvgIpc) is 3.09. The van der Waals surface area contributed by atoms with Gasteiger partial charge < -0.3 is 14.2 Å². The van der Waals surface area contributed by atoms with Crippen LogP contribution in [0.5, 0.6) is 0 Å². The Kier molecular flexibility index (Phi) is 4.24. The van der Waals surface area contributed by atoms with Gasteiger partial charge in [-0.3, -0.25) is 9.48 Å². The van der Waals surface area contributed by atoms with E-state index in [2.05, 4.69) is 10.3 Å². The molecule has 0 aliphatic carbocycles. The number of rotatable bonds is 4. The second-order valence-corrected chi connectivity index (χ2v) is 5.54. The van der Waals surface area contributed by atoms with Crippen molar-refractivity contribution in [2.75, 3.05) is 19.8 Å². The van der Waals surface area contributed by atoms with Gasteiger partial charge in [0.25, 0.3) is 5.91 Å². The first-order chi connectivity index (χ1) is 10.7. The minimum atomic E-state index is -0.118. The number of hydrogen-bond donors (Lipinski definition) is 0. The summed E-state index contributed by atoms with van der Waals surface area (Å²) in [6.45, 7) is 6.91. The molecule has 0 N–H and O–H groups in total. The fourth-order valence-corrected chi connectivity index (χ4v) is 2.71. The Morgan fingerprint density at radius 3 is 3.09 bits per heavy atom. The molecule has 1 aliphatic rings. The molecule has 3 rings (SSSR count). The minimum absolute atomic E-state index is 0.118. The number of fused-ring (bicyclic) bond motifs is 1. The third kappa shape index (κ3) is 3.04. The monoisotopic (exact) mass is 304 g/mol. The van der Waals surface area contributed by atoms with Crippen LogP contribution in [0.4, 0.5) is 0 Å². The van der Waals surface area contributed by atoms with Gasteiger partial charge in [-0.1, -0.05) is 5.16 Å². The molecular weight excluding hydrogens is 284 g/mol. The fraction of sp³-hybridized carbons (Fsp3) is 0.533. The lowest BCUT2D eigenvalue weighted by atomic mass is 10.1. The predicted octanol–water partition coefficient (Wildman–Crippen LogP) is 1.49. The van der Waals surface area contributed by atoms with Gasteiger partial charge in [0.2, 0.25) is 0 Å². The van der Waals surface area contributed by atoms with E-state index in [1.165, 1.54) is 0 Å². The first-order valence-electron chi connectivity index (χ1n) is 7.48. The van der Waals surface area contributed by atoms with E-state index in [0.717, 1.165) is 12.2 Å². The Balaban J connectivity index is 1.82. The molecule has 1 aliphatic heterocycles. The van der Waals surface area contributed by atoms with Gasteiger partial charge >= 0.3 is 0 Å². The molecular formula is C15H20N4O3. The van der Waals surface area contributed by atoms with E-state index in [1.54, 1.807) is 24.1 Å². The summed E-state index contributed by atoms with van der Waals surface area (Å²) in [5, 5.41) is 8.17. The summed E-state index contributed by atoms with van der Waals surface area (Å²) >= 11 is 0. The Morgan fingerprint density at radius 2 is 2.36 bits per heavy atom. The van der Waals surface area contributed by atoms with Crippen LogP contribution in [-0.4, -0.2) is 45.5 Å². The fourth-order valence-electron chi connectivity index (χ4n) is 2.71. The molecule has 0 spiro atoms. The number of amides is 1. The van der Waals surface area contributed by atoms with Crippen LogP contribution in [0.25, 0.3) is 0 Å². The summed E-state index contributed by atoms with van der Waals surface area (Å²) in [6, 6.07) is 3.61. The van der Waals surface area contributed by atoms with Gasteiger partial charge in [0.1, 0.15) is 5.76 Å². The number of aryl methyl sites for hydroxylation is 1. The van der Waals surface area contributed by atoms with Gasteiger partial charge in [-0.25, -0.2) is 0 Å². The standard InChI is InChI=1S/C15H20N4O3/c1-3-21-10-12-7-18(9-13-4-5-16-19(13)8-12)15(20)14-6-11(2)22-17-14/h4-6,12H,3,7-10H2,1-2H3. The summed E-state index contributed by atoms with van der Waals surface area (Å²) in [6.07, 6.45) is 1.77. The zero-order chi connectivity index (χ0) is 15.5. The molecule has 0 aromatic carbocycles. The molecule has 2 aromatic rings. The van der Waals surface area contributed by atoms with Gasteiger partial charge in [-0.15, -0.1) is 0 Å². The van der Waals surface area contributed by atoms with Gasteiger partial charge in [-0.2, -0.15) is 5.10 Å². The minimum Gasteiger partial charge on any atom is -0.381 e. The van der Waals surface area contributed by atoms with Crippen LogP contribution in [0.3, 0.4) is 0 Å². The number of aromatic nitrogens is 3. The number of ether oxygens (including phenoxy) is 1. The SMILES string of the molecule is CCOCC1CN(C(=O)c2cc(C)on2)Cc2ccnn2C1. The molecule has 1 atom stereocenters. The van der Waals surface area contributed by atoms with E-state index in [9.17, 15) is 4.79 Å². The van der Waals surface area contributed by atoms with E-state index in [4.69, 9.17) is 9.26 Å². The Hall–Kier alpha value is -2.15. The summed E-state index contributed by atoms with van der Waals surface area (Å²) in [4.78, 5) is 14.4. The Labute approximate surface area is 128 Å². The lowest BCUT2D eigenvalue weighted by Crippen LogP contribution is -2.35. The van der Waals surface area contributed by atoms with Crippen molar-refractivity contribution >= 4 is 5.91 Å². The molecule has 0 fully saturated rings. The maximum absolute atomic E-state index is 12.6. The summed E-state index contributed by atoms with van der Waals surface area (Å²) in [5.74, 6) is 0.722. The molecule has 2 aromatic heterocycles. The lowest BCUT2D eigenvalue weighted by molar-refractivity contribution is 0.0608.